The number of nitrogens with zero attached hydrogens (tertiary/aromatic N) is 3. The van der Waals surface area contributed by atoms with E-state index < -0.39 is 10.0 Å². The van der Waals surface area contributed by atoms with Crippen molar-refractivity contribution in [3.8, 4) is 0 Å². The smallest absolute Gasteiger partial charge is 0.240 e. The average molecular weight is 348 g/mol. The van der Waals surface area contributed by atoms with Crippen LogP contribution in [0, 0.1) is 5.92 Å². The second-order valence-corrected chi connectivity index (χ2v) is 8.19. The number of aromatic nitrogens is 2. The number of benzene rings is 1. The molecule has 7 heteroatoms. The van der Waals surface area contributed by atoms with E-state index in [1.54, 1.807) is 30.6 Å². The Balaban J connectivity index is 1.76. The number of sulfonamides is 1. The Morgan fingerprint density at radius 3 is 2.67 bits per heavy atom. The number of nitrogens with one attached hydrogen (secondary N) is 1. The predicted octanol–water partition coefficient (Wildman–Crippen LogP) is 1.78. The van der Waals surface area contributed by atoms with Gasteiger partial charge in [0, 0.05) is 19.8 Å². The van der Waals surface area contributed by atoms with Gasteiger partial charge in [-0.2, -0.15) is 0 Å². The van der Waals surface area contributed by atoms with Gasteiger partial charge in [-0.05, 0) is 44.5 Å². The second kappa shape index (κ2) is 7.04. The molecule has 0 aliphatic carbocycles. The van der Waals surface area contributed by atoms with Crippen molar-refractivity contribution >= 4 is 10.0 Å². The summed E-state index contributed by atoms with van der Waals surface area (Å²) in [5.41, 5.74) is 1.13. The quantitative estimate of drug-likeness (QED) is 0.894. The lowest BCUT2D eigenvalue weighted by molar-refractivity contribution is 0.117. The van der Waals surface area contributed by atoms with E-state index in [1.165, 1.54) is 0 Å². The van der Waals surface area contributed by atoms with Crippen LogP contribution >= 0.6 is 0 Å². The Morgan fingerprint density at radius 1 is 1.25 bits per heavy atom. The zero-order chi connectivity index (χ0) is 17.2. The van der Waals surface area contributed by atoms with Gasteiger partial charge in [-0.25, -0.2) is 18.1 Å². The van der Waals surface area contributed by atoms with Gasteiger partial charge in [-0.1, -0.05) is 18.2 Å². The molecule has 1 aromatic carbocycles. The predicted molar refractivity (Wildman–Crippen MR) is 92.9 cm³/mol. The number of piperidine rings is 1. The van der Waals surface area contributed by atoms with Gasteiger partial charge in [0.05, 0.1) is 23.0 Å². The van der Waals surface area contributed by atoms with Crippen LogP contribution in [-0.4, -0.2) is 43.0 Å². The first-order valence-electron chi connectivity index (χ1n) is 8.20. The zero-order valence-corrected chi connectivity index (χ0v) is 14.9. The summed E-state index contributed by atoms with van der Waals surface area (Å²) >= 11 is 0. The zero-order valence-electron chi connectivity index (χ0n) is 14.1. The van der Waals surface area contributed by atoms with Gasteiger partial charge in [0.2, 0.25) is 10.0 Å². The van der Waals surface area contributed by atoms with Crippen LogP contribution in [0.2, 0.25) is 0 Å². The van der Waals surface area contributed by atoms with E-state index in [2.05, 4.69) is 21.7 Å². The summed E-state index contributed by atoms with van der Waals surface area (Å²) in [6.07, 6.45) is 5.74. The molecular weight excluding hydrogens is 324 g/mol. The normalized spacial score (nSPS) is 22.6. The van der Waals surface area contributed by atoms with Gasteiger partial charge in [0.15, 0.2) is 0 Å². The van der Waals surface area contributed by atoms with Crippen LogP contribution in [-0.2, 0) is 17.1 Å². The lowest BCUT2D eigenvalue weighted by Crippen LogP contribution is -2.42. The Morgan fingerprint density at radius 2 is 2.00 bits per heavy atom. The molecule has 1 aromatic heterocycles. The van der Waals surface area contributed by atoms with Crippen molar-refractivity contribution in [2.75, 3.05) is 20.1 Å². The maximum Gasteiger partial charge on any atom is 0.240 e. The molecule has 1 fully saturated rings. The van der Waals surface area contributed by atoms with Gasteiger partial charge in [-0.15, -0.1) is 0 Å². The van der Waals surface area contributed by atoms with Gasteiger partial charge in [0.1, 0.15) is 0 Å². The van der Waals surface area contributed by atoms with E-state index in [4.69, 9.17) is 0 Å². The molecular formula is C17H24N4O2S. The lowest BCUT2D eigenvalue weighted by atomic mass is 9.87. The summed E-state index contributed by atoms with van der Waals surface area (Å²) in [4.78, 5) is 6.82. The van der Waals surface area contributed by atoms with Gasteiger partial charge in [0.25, 0.3) is 0 Å². The Bertz CT molecular complexity index is 773. The molecule has 0 saturated carbocycles. The van der Waals surface area contributed by atoms with E-state index in [1.807, 2.05) is 23.9 Å². The first-order valence-corrected chi connectivity index (χ1v) is 9.68. The van der Waals surface area contributed by atoms with Crippen molar-refractivity contribution < 1.29 is 8.42 Å². The monoisotopic (exact) mass is 348 g/mol. The minimum absolute atomic E-state index is 0.171. The van der Waals surface area contributed by atoms with E-state index in [-0.39, 0.29) is 12.0 Å². The average Bonchev–Trinajstić information content (AvgIpc) is 2.99. The van der Waals surface area contributed by atoms with Crippen molar-refractivity contribution in [2.45, 2.75) is 23.8 Å². The van der Waals surface area contributed by atoms with Crippen LogP contribution in [0.25, 0.3) is 0 Å². The molecule has 0 unspecified atom stereocenters. The molecule has 2 heterocycles. The molecule has 0 bridgehead atoms. The maximum atomic E-state index is 12.5. The lowest BCUT2D eigenvalue weighted by Gasteiger charge is -2.39. The minimum Gasteiger partial charge on any atom is -0.336 e. The highest BCUT2D eigenvalue weighted by Gasteiger charge is 2.33. The molecule has 2 aromatic rings. The van der Waals surface area contributed by atoms with E-state index in [0.29, 0.717) is 11.4 Å². The number of imidazole rings is 1. The van der Waals surface area contributed by atoms with Crippen LogP contribution in [0.3, 0.4) is 0 Å². The highest BCUT2D eigenvalue weighted by atomic mass is 32.2. The van der Waals surface area contributed by atoms with Crippen molar-refractivity contribution in [1.29, 1.82) is 0 Å². The highest BCUT2D eigenvalue weighted by molar-refractivity contribution is 7.89. The van der Waals surface area contributed by atoms with Crippen LogP contribution in [0.4, 0.5) is 0 Å². The highest BCUT2D eigenvalue weighted by Crippen LogP contribution is 2.34. The molecule has 1 saturated heterocycles. The first-order chi connectivity index (χ1) is 11.5. The summed E-state index contributed by atoms with van der Waals surface area (Å²) in [5, 5.41) is 0. The van der Waals surface area contributed by atoms with Gasteiger partial charge in [-0.3, -0.25) is 4.90 Å². The second-order valence-electron chi connectivity index (χ2n) is 6.42. The van der Waals surface area contributed by atoms with E-state index in [9.17, 15) is 8.42 Å². The molecule has 3 rings (SSSR count). The van der Waals surface area contributed by atoms with Crippen LogP contribution < -0.4 is 4.72 Å². The molecule has 1 N–H and O–H groups in total. The molecule has 24 heavy (non-hydrogen) atoms. The topological polar surface area (TPSA) is 67.2 Å². The Labute approximate surface area is 143 Å². The molecule has 0 spiro atoms. The summed E-state index contributed by atoms with van der Waals surface area (Å²) in [6, 6.07) is 8.70. The molecule has 0 amide bonds. The van der Waals surface area contributed by atoms with Crippen LogP contribution in [0.5, 0.6) is 0 Å². The van der Waals surface area contributed by atoms with Crippen molar-refractivity contribution in [2.24, 2.45) is 13.0 Å². The summed E-state index contributed by atoms with van der Waals surface area (Å²) in [6.45, 7) is 1.44. The van der Waals surface area contributed by atoms with Gasteiger partial charge < -0.3 is 4.57 Å². The Hall–Kier alpha value is -1.70. The molecule has 1 aliphatic rings. The molecule has 0 radical (unpaired) electrons. The van der Waals surface area contributed by atoms with Crippen molar-refractivity contribution in [3.05, 3.63) is 48.5 Å². The fraction of sp³-hybridized carbons (Fsp3) is 0.471. The standard InChI is InChI=1S/C17H24N4O2S/c1-20-10-6-7-14(17(20)16-12-18-13-21(16)2)11-19-24(22,23)15-8-4-3-5-9-15/h3-5,8-9,12-14,17,19H,6-7,10-11H2,1-2H3/t14-,17+/m0/s1. The van der Waals surface area contributed by atoms with E-state index >= 15 is 0 Å². The molecule has 6 nitrogen and oxygen atoms in total. The van der Waals surface area contributed by atoms with Crippen LogP contribution in [0.1, 0.15) is 24.6 Å². The first kappa shape index (κ1) is 17.1. The largest absolute Gasteiger partial charge is 0.336 e. The fourth-order valence-corrected chi connectivity index (χ4v) is 4.61. The number of hydrogen-bond donors (Lipinski definition) is 1. The maximum absolute atomic E-state index is 12.5. The molecule has 1 aliphatic heterocycles. The number of aryl methyl sites for hydroxylation is 1. The minimum atomic E-state index is -3.47. The Kier molecular flexibility index (Phi) is 5.03. The van der Waals surface area contributed by atoms with Crippen molar-refractivity contribution in [3.63, 3.8) is 0 Å². The molecule has 130 valence electrons. The fourth-order valence-electron chi connectivity index (χ4n) is 3.49. The third-order valence-electron chi connectivity index (χ3n) is 4.75. The third-order valence-corrected chi connectivity index (χ3v) is 6.19. The number of likely N-dealkylation sites (tertiary alicyclic amines) is 1. The van der Waals surface area contributed by atoms with Gasteiger partial charge >= 0.3 is 0 Å². The summed E-state index contributed by atoms with van der Waals surface area (Å²) < 4.78 is 29.8. The third kappa shape index (κ3) is 3.53. The summed E-state index contributed by atoms with van der Waals surface area (Å²) in [7, 11) is 0.604. The summed E-state index contributed by atoms with van der Waals surface area (Å²) in [5.74, 6) is 0.220. The van der Waals surface area contributed by atoms with Crippen LogP contribution in [0.15, 0.2) is 47.8 Å². The molecule has 2 atom stereocenters. The van der Waals surface area contributed by atoms with Crippen molar-refractivity contribution in [1.82, 2.24) is 19.2 Å². The SMILES string of the molecule is CN1CCC[C@@H](CNS(=O)(=O)c2ccccc2)[C@@H]1c1cncn1C. The number of rotatable bonds is 5. The number of hydrogen-bond acceptors (Lipinski definition) is 4. The van der Waals surface area contributed by atoms with E-state index in [0.717, 1.165) is 25.1 Å².